The maximum atomic E-state index is 11.6. The first kappa shape index (κ1) is 25.7. The van der Waals surface area contributed by atoms with Gasteiger partial charge in [-0.15, -0.1) is 11.8 Å². The molecule has 4 heteroatoms. The van der Waals surface area contributed by atoms with Crippen LogP contribution in [0.1, 0.15) is 68.2 Å². The Bertz CT molecular complexity index is 1350. The van der Waals surface area contributed by atoms with E-state index in [1.54, 1.807) is 11.8 Å². The lowest BCUT2D eigenvalue weighted by atomic mass is 9.79. The molecule has 0 saturated heterocycles. The minimum Gasteiger partial charge on any atom is -0.489 e. The topological polar surface area (TPSA) is 46.5 Å². The smallest absolute Gasteiger partial charge is 0.306 e. The van der Waals surface area contributed by atoms with Crippen molar-refractivity contribution in [3.05, 3.63) is 89.0 Å². The summed E-state index contributed by atoms with van der Waals surface area (Å²) in [4.78, 5) is 12.9. The van der Waals surface area contributed by atoms with Crippen LogP contribution in [0.15, 0.2) is 71.6 Å². The van der Waals surface area contributed by atoms with Crippen LogP contribution in [-0.2, 0) is 17.8 Å². The van der Waals surface area contributed by atoms with Gasteiger partial charge in [0.25, 0.3) is 0 Å². The molecule has 0 heterocycles. The third-order valence-electron chi connectivity index (χ3n) is 8.24. The molecular formula is C33H36O3S. The fraction of sp³-hybridized carbons (Fsp3) is 0.364. The highest BCUT2D eigenvalue weighted by Crippen LogP contribution is 2.47. The number of benzene rings is 3. The van der Waals surface area contributed by atoms with Gasteiger partial charge in [0.2, 0.25) is 0 Å². The molecule has 0 aliphatic heterocycles. The zero-order chi connectivity index (χ0) is 26.2. The van der Waals surface area contributed by atoms with Gasteiger partial charge >= 0.3 is 5.97 Å². The van der Waals surface area contributed by atoms with E-state index in [1.807, 2.05) is 13.0 Å². The Morgan fingerprint density at radius 2 is 1.95 bits per heavy atom. The van der Waals surface area contributed by atoms with Crippen LogP contribution >= 0.6 is 11.8 Å². The molecule has 5 rings (SSSR count). The number of carbonyl (C=O) groups is 1. The van der Waals surface area contributed by atoms with Crippen molar-refractivity contribution in [1.29, 1.82) is 0 Å². The Labute approximate surface area is 225 Å². The highest BCUT2D eigenvalue weighted by molar-refractivity contribution is 7.98. The second kappa shape index (κ2) is 10.4. The van der Waals surface area contributed by atoms with Gasteiger partial charge in [-0.05, 0) is 113 Å². The maximum absolute atomic E-state index is 11.6. The standard InChI is InChI=1S/C33H36O3S/c1-21(32(34)35)27-15-12-23-11-13-25(19-29(23)27)36-20-22-10-14-28(24-7-5-8-26(18-24)37-4)30(17-22)31-9-6-16-33(31,2)3/h5,7-11,13-14,17-19,21,27H,6,12,15-16,20H2,1-4H3,(H,34,35)/t21-,27+/m0/s1. The van der Waals surface area contributed by atoms with Gasteiger partial charge in [-0.1, -0.05) is 57.2 Å². The number of fused-ring (bicyclic) bond motifs is 1. The van der Waals surface area contributed by atoms with Gasteiger partial charge in [0, 0.05) is 4.90 Å². The van der Waals surface area contributed by atoms with Gasteiger partial charge < -0.3 is 9.84 Å². The summed E-state index contributed by atoms with van der Waals surface area (Å²) in [6.45, 7) is 6.98. The average molecular weight is 513 g/mol. The second-order valence-electron chi connectivity index (χ2n) is 11.1. The largest absolute Gasteiger partial charge is 0.489 e. The van der Waals surface area contributed by atoms with Crippen LogP contribution in [0, 0.1) is 11.3 Å². The van der Waals surface area contributed by atoms with Gasteiger partial charge in [0.05, 0.1) is 5.92 Å². The lowest BCUT2D eigenvalue weighted by molar-refractivity contribution is -0.141. The van der Waals surface area contributed by atoms with E-state index in [0.717, 1.165) is 36.1 Å². The van der Waals surface area contributed by atoms with Crippen molar-refractivity contribution < 1.29 is 14.6 Å². The van der Waals surface area contributed by atoms with E-state index in [0.29, 0.717) is 6.61 Å². The minimum atomic E-state index is -0.732. The van der Waals surface area contributed by atoms with Crippen molar-refractivity contribution in [2.24, 2.45) is 11.3 Å². The zero-order valence-electron chi connectivity index (χ0n) is 22.2. The van der Waals surface area contributed by atoms with Crippen LogP contribution < -0.4 is 4.74 Å². The number of carboxylic acid groups (broad SMARTS) is 1. The molecule has 2 atom stereocenters. The first-order valence-corrected chi connectivity index (χ1v) is 14.5. The van der Waals surface area contributed by atoms with Crippen molar-refractivity contribution in [1.82, 2.24) is 0 Å². The van der Waals surface area contributed by atoms with E-state index in [1.165, 1.54) is 39.1 Å². The molecule has 1 N–H and O–H groups in total. The quantitative estimate of drug-likeness (QED) is 0.307. The summed E-state index contributed by atoms with van der Waals surface area (Å²) in [5.74, 6) is -0.263. The van der Waals surface area contributed by atoms with Crippen LogP contribution in [0.4, 0.5) is 0 Å². The Balaban J connectivity index is 1.43. The van der Waals surface area contributed by atoms with Crippen molar-refractivity contribution >= 4 is 23.3 Å². The van der Waals surface area contributed by atoms with E-state index in [-0.39, 0.29) is 17.3 Å². The number of hydrogen-bond acceptors (Lipinski definition) is 3. The summed E-state index contributed by atoms with van der Waals surface area (Å²) in [7, 11) is 0. The summed E-state index contributed by atoms with van der Waals surface area (Å²) in [5.41, 5.74) is 8.89. The molecule has 0 radical (unpaired) electrons. The van der Waals surface area contributed by atoms with E-state index in [2.05, 4.69) is 80.8 Å². The molecule has 2 aliphatic carbocycles. The van der Waals surface area contributed by atoms with Gasteiger partial charge in [-0.3, -0.25) is 4.79 Å². The van der Waals surface area contributed by atoms with Gasteiger partial charge in [0.1, 0.15) is 12.4 Å². The molecule has 3 aromatic carbocycles. The van der Waals surface area contributed by atoms with E-state index in [9.17, 15) is 9.90 Å². The molecule has 0 unspecified atom stereocenters. The lowest BCUT2D eigenvalue weighted by Crippen LogP contribution is -2.17. The predicted molar refractivity (Wildman–Crippen MR) is 153 cm³/mol. The van der Waals surface area contributed by atoms with Crippen molar-refractivity contribution in [2.75, 3.05) is 6.26 Å². The van der Waals surface area contributed by atoms with Gasteiger partial charge in [-0.25, -0.2) is 0 Å². The average Bonchev–Trinajstić information content (AvgIpc) is 3.48. The second-order valence-corrected chi connectivity index (χ2v) is 12.0. The minimum absolute atomic E-state index is 0.0514. The molecule has 37 heavy (non-hydrogen) atoms. The molecule has 2 aliphatic rings. The molecule has 3 aromatic rings. The SMILES string of the molecule is CSc1cccc(-c2ccc(COc3ccc4c(c3)[C@@H]([C@H](C)C(=O)O)CC4)cc2C2=CCCC2(C)C)c1. The first-order chi connectivity index (χ1) is 17.8. The molecule has 0 saturated carbocycles. The molecule has 0 fully saturated rings. The highest BCUT2D eigenvalue weighted by atomic mass is 32.2. The fourth-order valence-corrected chi connectivity index (χ4v) is 6.43. The number of aryl methyl sites for hydroxylation is 1. The summed E-state index contributed by atoms with van der Waals surface area (Å²) in [6.07, 6.45) is 8.63. The molecule has 0 spiro atoms. The van der Waals surface area contributed by atoms with Crippen LogP contribution in [0.5, 0.6) is 5.75 Å². The Morgan fingerprint density at radius 1 is 1.11 bits per heavy atom. The number of hydrogen-bond donors (Lipinski definition) is 1. The zero-order valence-corrected chi connectivity index (χ0v) is 23.0. The molecule has 0 amide bonds. The van der Waals surface area contributed by atoms with Crippen LogP contribution in [0.25, 0.3) is 16.7 Å². The van der Waals surface area contributed by atoms with Crippen molar-refractivity contribution in [2.45, 2.75) is 63.9 Å². The summed E-state index contributed by atoms with van der Waals surface area (Å²) in [6, 6.07) is 21.7. The number of rotatable bonds is 8. The third-order valence-corrected chi connectivity index (χ3v) is 8.97. The van der Waals surface area contributed by atoms with E-state index < -0.39 is 5.97 Å². The fourth-order valence-electron chi connectivity index (χ4n) is 5.97. The molecule has 0 aromatic heterocycles. The monoisotopic (exact) mass is 512 g/mol. The number of thioether (sulfide) groups is 1. The number of aliphatic carboxylic acids is 1. The molecule has 3 nitrogen and oxygen atoms in total. The molecule has 192 valence electrons. The van der Waals surface area contributed by atoms with Crippen LogP contribution in [0.2, 0.25) is 0 Å². The van der Waals surface area contributed by atoms with Gasteiger partial charge in [0.15, 0.2) is 0 Å². The van der Waals surface area contributed by atoms with Gasteiger partial charge in [-0.2, -0.15) is 0 Å². The summed E-state index contributed by atoms with van der Waals surface area (Å²) >= 11 is 1.77. The van der Waals surface area contributed by atoms with Crippen LogP contribution in [-0.4, -0.2) is 17.3 Å². The lowest BCUT2D eigenvalue weighted by Gasteiger charge is -2.25. The highest BCUT2D eigenvalue weighted by Gasteiger charge is 2.32. The predicted octanol–water partition coefficient (Wildman–Crippen LogP) is 8.61. The Kier molecular flexibility index (Phi) is 7.22. The van der Waals surface area contributed by atoms with Crippen molar-refractivity contribution in [3.63, 3.8) is 0 Å². The molecular weight excluding hydrogens is 476 g/mol. The normalized spacial score (nSPS) is 18.8. The van der Waals surface area contributed by atoms with Crippen molar-refractivity contribution in [3.8, 4) is 16.9 Å². The maximum Gasteiger partial charge on any atom is 0.306 e. The first-order valence-electron chi connectivity index (χ1n) is 13.2. The molecule has 0 bridgehead atoms. The van der Waals surface area contributed by atoms with E-state index in [4.69, 9.17) is 4.74 Å². The van der Waals surface area contributed by atoms with E-state index >= 15 is 0 Å². The summed E-state index contributed by atoms with van der Waals surface area (Å²) in [5, 5.41) is 9.54. The van der Waals surface area contributed by atoms with Crippen LogP contribution in [0.3, 0.4) is 0 Å². The summed E-state index contributed by atoms with van der Waals surface area (Å²) < 4.78 is 6.29. The number of ether oxygens (including phenoxy) is 1. The Morgan fingerprint density at radius 3 is 2.68 bits per heavy atom. The number of allylic oxidation sites excluding steroid dienone is 2. The third kappa shape index (κ3) is 5.22. The number of carboxylic acids is 1. The Hall–Kier alpha value is -2.98.